The molecule has 0 bridgehead atoms. The lowest BCUT2D eigenvalue weighted by atomic mass is 9.68. The highest BCUT2D eigenvalue weighted by atomic mass is 35.5. The topological polar surface area (TPSA) is 68.2 Å². The molecule has 8 heteroatoms. The molecule has 1 amide bonds. The van der Waals surface area contributed by atoms with Crippen molar-refractivity contribution in [3.05, 3.63) is 82.9 Å². The number of halogens is 1. The molecular weight excluding hydrogens is 580 g/mol. The van der Waals surface area contributed by atoms with Gasteiger partial charge < -0.3 is 22.9 Å². The lowest BCUT2D eigenvalue weighted by molar-refractivity contribution is 0.0135. The maximum absolute atomic E-state index is 13.3. The smallest absolute Gasteiger partial charge is 0.254 e. The number of methoxy groups -OCH3 is 1. The molecule has 6 nitrogen and oxygen atoms in total. The second-order valence-electron chi connectivity index (χ2n) is 12.5. The van der Waals surface area contributed by atoms with Gasteiger partial charge in [0.2, 0.25) is 0 Å². The number of hydrogen-bond acceptors (Lipinski definition) is 6. The summed E-state index contributed by atoms with van der Waals surface area (Å²) in [5.74, 6) is 1.66. The predicted octanol–water partition coefficient (Wildman–Crippen LogP) is 7.93. The number of allylic oxidation sites excluding steroid dienone is 2. The highest BCUT2D eigenvalue weighted by molar-refractivity contribution is 7.75. The number of carbonyl (C=O) groups excluding carboxylic acids is 1. The third-order valence-electron chi connectivity index (χ3n) is 9.53. The van der Waals surface area contributed by atoms with E-state index in [0.29, 0.717) is 29.8 Å². The molecule has 43 heavy (non-hydrogen) atoms. The zero-order valence-electron chi connectivity index (χ0n) is 25.6. The SMILES string of the molecule is C=C[C@H](OC)[C@@H]1CC[C@H]1CN1C[C@@]2(CCCc3cc(Cl)ccc32)COc2ccc(C(=O)N=[S-](=O)C[C@@H](C)C/C=C/C)cc21. The van der Waals surface area contributed by atoms with Gasteiger partial charge in [0.15, 0.2) is 0 Å². The Morgan fingerprint density at radius 2 is 2.14 bits per heavy atom. The van der Waals surface area contributed by atoms with Crippen molar-refractivity contribution < 1.29 is 18.5 Å². The van der Waals surface area contributed by atoms with Crippen LogP contribution in [0.15, 0.2) is 65.6 Å². The Bertz CT molecular complexity index is 1450. The van der Waals surface area contributed by atoms with Crippen molar-refractivity contribution in [3.8, 4) is 5.75 Å². The van der Waals surface area contributed by atoms with E-state index in [1.165, 1.54) is 11.1 Å². The maximum Gasteiger partial charge on any atom is 0.254 e. The Balaban J connectivity index is 1.48. The number of nitrogens with zero attached hydrogens (tertiary/aromatic N) is 2. The van der Waals surface area contributed by atoms with Crippen molar-refractivity contribution in [2.75, 3.05) is 37.5 Å². The number of rotatable bonds is 10. The van der Waals surface area contributed by atoms with E-state index in [1.54, 1.807) is 13.2 Å². The Labute approximate surface area is 263 Å². The summed E-state index contributed by atoms with van der Waals surface area (Å²) >= 11 is 6.41. The van der Waals surface area contributed by atoms with Gasteiger partial charge in [-0.05, 0) is 98.7 Å². The van der Waals surface area contributed by atoms with Gasteiger partial charge in [0.25, 0.3) is 5.91 Å². The highest BCUT2D eigenvalue weighted by Gasteiger charge is 2.44. The molecular formula is C35H44ClN2O4S-. The largest absolute Gasteiger partial charge is 0.490 e. The van der Waals surface area contributed by atoms with Gasteiger partial charge in [-0.2, -0.15) is 10.6 Å². The van der Waals surface area contributed by atoms with Crippen LogP contribution in [-0.2, 0) is 31.4 Å². The summed E-state index contributed by atoms with van der Waals surface area (Å²) in [7, 11) is 0.167. The van der Waals surface area contributed by atoms with Gasteiger partial charge in [0, 0.05) is 36.2 Å². The quantitative estimate of drug-likeness (QED) is 0.199. The van der Waals surface area contributed by atoms with E-state index >= 15 is 0 Å². The first kappa shape index (κ1) is 31.8. The molecule has 0 saturated heterocycles. The minimum atomic E-state index is -1.58. The number of fused-ring (bicyclic) bond motifs is 3. The van der Waals surface area contributed by atoms with E-state index in [1.807, 2.05) is 50.3 Å². The van der Waals surface area contributed by atoms with E-state index in [-0.39, 0.29) is 17.4 Å². The average molecular weight is 624 g/mol. The van der Waals surface area contributed by atoms with Crippen molar-refractivity contribution >= 4 is 33.8 Å². The summed E-state index contributed by atoms with van der Waals surface area (Å²) in [6.07, 6.45) is 12.1. The van der Waals surface area contributed by atoms with Crippen molar-refractivity contribution in [2.45, 2.75) is 63.9 Å². The van der Waals surface area contributed by atoms with Crippen LogP contribution in [0, 0.1) is 17.8 Å². The van der Waals surface area contributed by atoms with Gasteiger partial charge in [0.1, 0.15) is 5.75 Å². The second-order valence-corrected chi connectivity index (χ2v) is 14.1. The van der Waals surface area contributed by atoms with Crippen molar-refractivity contribution in [1.82, 2.24) is 0 Å². The molecule has 1 aliphatic heterocycles. The van der Waals surface area contributed by atoms with Crippen LogP contribution in [0.1, 0.15) is 67.4 Å². The van der Waals surface area contributed by atoms with Crippen LogP contribution in [-0.4, -0.2) is 44.6 Å². The zero-order chi connectivity index (χ0) is 30.6. The molecule has 5 atom stereocenters. The minimum absolute atomic E-state index is 0.0184. The average Bonchev–Trinajstić information content (AvgIpc) is 3.13. The summed E-state index contributed by atoms with van der Waals surface area (Å²) in [4.78, 5) is 15.7. The number of amides is 1. The fourth-order valence-electron chi connectivity index (χ4n) is 7.09. The third-order valence-corrected chi connectivity index (χ3v) is 11.0. The molecule has 1 spiro atoms. The van der Waals surface area contributed by atoms with Gasteiger partial charge in [-0.3, -0.25) is 4.79 Å². The van der Waals surface area contributed by atoms with E-state index in [2.05, 4.69) is 28.0 Å². The Morgan fingerprint density at radius 1 is 1.30 bits per heavy atom. The summed E-state index contributed by atoms with van der Waals surface area (Å²) in [6, 6.07) is 11.8. The molecule has 0 N–H and O–H groups in total. The molecule has 1 saturated carbocycles. The van der Waals surface area contributed by atoms with Gasteiger partial charge in [-0.1, -0.05) is 54.5 Å². The van der Waals surface area contributed by atoms with E-state index in [9.17, 15) is 9.00 Å². The lowest BCUT2D eigenvalue weighted by Crippen LogP contribution is -2.49. The van der Waals surface area contributed by atoms with E-state index in [4.69, 9.17) is 21.1 Å². The fourth-order valence-corrected chi connectivity index (χ4v) is 8.27. The molecule has 2 aliphatic carbocycles. The number of benzene rings is 2. The lowest BCUT2D eigenvalue weighted by Gasteiger charge is -2.46. The number of aryl methyl sites for hydroxylation is 1. The molecule has 1 fully saturated rings. The number of anilines is 1. The zero-order valence-corrected chi connectivity index (χ0v) is 27.2. The van der Waals surface area contributed by atoms with Crippen molar-refractivity contribution in [3.63, 3.8) is 0 Å². The molecule has 0 aromatic heterocycles. The Morgan fingerprint density at radius 3 is 2.86 bits per heavy atom. The summed E-state index contributed by atoms with van der Waals surface area (Å²) in [5, 5.41) is 0.762. The van der Waals surface area contributed by atoms with Crippen LogP contribution in [0.2, 0.25) is 5.02 Å². The second kappa shape index (κ2) is 14.0. The van der Waals surface area contributed by atoms with Gasteiger partial charge in [0.05, 0.1) is 18.4 Å². The highest BCUT2D eigenvalue weighted by Crippen LogP contribution is 2.47. The van der Waals surface area contributed by atoms with Crippen LogP contribution in [0.4, 0.5) is 5.69 Å². The first-order chi connectivity index (χ1) is 20.8. The van der Waals surface area contributed by atoms with Gasteiger partial charge >= 0.3 is 0 Å². The molecule has 3 aliphatic rings. The van der Waals surface area contributed by atoms with Gasteiger partial charge in [-0.25, -0.2) is 0 Å². The summed E-state index contributed by atoms with van der Waals surface area (Å²) in [6.45, 7) is 10.1. The van der Waals surface area contributed by atoms with E-state index in [0.717, 1.165) is 68.1 Å². The maximum atomic E-state index is 13.3. The van der Waals surface area contributed by atoms with Crippen LogP contribution in [0.25, 0.3) is 0 Å². The number of hydrogen-bond donors (Lipinski definition) is 0. The van der Waals surface area contributed by atoms with Crippen LogP contribution >= 0.6 is 11.6 Å². The van der Waals surface area contributed by atoms with Crippen LogP contribution in [0.5, 0.6) is 5.75 Å². The van der Waals surface area contributed by atoms with Crippen LogP contribution < -0.4 is 9.64 Å². The normalized spacial score (nSPS) is 25.3. The summed E-state index contributed by atoms with van der Waals surface area (Å²) < 4.78 is 29.2. The number of carbonyl (C=O) groups is 1. The minimum Gasteiger partial charge on any atom is -0.490 e. The van der Waals surface area contributed by atoms with Crippen LogP contribution in [0.3, 0.4) is 0 Å². The molecule has 2 aromatic carbocycles. The fraction of sp³-hybridized carbons (Fsp3) is 0.514. The number of ether oxygens (including phenoxy) is 2. The predicted molar refractivity (Wildman–Crippen MR) is 176 cm³/mol. The molecule has 2 aromatic rings. The van der Waals surface area contributed by atoms with E-state index < -0.39 is 16.5 Å². The van der Waals surface area contributed by atoms with Crippen molar-refractivity contribution in [2.24, 2.45) is 22.1 Å². The van der Waals surface area contributed by atoms with Crippen molar-refractivity contribution in [1.29, 1.82) is 0 Å². The molecule has 1 heterocycles. The summed E-state index contributed by atoms with van der Waals surface area (Å²) in [5.41, 5.74) is 3.72. The Kier molecular flexibility index (Phi) is 10.4. The Hall–Kier alpha value is -2.61. The van der Waals surface area contributed by atoms with Gasteiger partial charge in [-0.15, -0.1) is 6.58 Å². The molecule has 232 valence electrons. The first-order valence-electron chi connectivity index (χ1n) is 15.5. The molecule has 5 rings (SSSR count). The molecule has 0 radical (unpaired) electrons. The standard InChI is InChI=1S/C35H44ClN2O4S/c1-5-7-9-24(3)21-43(40)37-34(39)26-12-16-33-31(19-26)38(20-27-11-14-29(27)32(6-2)41-4)22-35(23-42-33)17-8-10-25-18-28(36)13-15-30(25)35/h5-7,12-13,15-16,18-19,24,27,29,32H,2,8-11,14,17,20-23H2,1,3-4H3/q-1/b7-5+/t24-,27-,29+,32-,35-/m0/s1. The third kappa shape index (κ3) is 7.05. The molecule has 0 unspecified atom stereocenters. The first-order valence-corrected chi connectivity index (χ1v) is 17.1. The monoisotopic (exact) mass is 623 g/mol.